The Bertz CT molecular complexity index is 1280. The highest BCUT2D eigenvalue weighted by Gasteiger charge is 2.45. The number of aromatic nitrogens is 1. The molecule has 3 aliphatic rings. The van der Waals surface area contributed by atoms with E-state index >= 15 is 0 Å². The van der Waals surface area contributed by atoms with Crippen molar-refractivity contribution < 1.29 is 9.53 Å². The van der Waals surface area contributed by atoms with Gasteiger partial charge in [0.15, 0.2) is 8.32 Å². The van der Waals surface area contributed by atoms with Gasteiger partial charge in [-0.1, -0.05) is 91.6 Å². The van der Waals surface area contributed by atoms with Gasteiger partial charge >= 0.3 is 0 Å². The van der Waals surface area contributed by atoms with Gasteiger partial charge in [0.1, 0.15) is 6.10 Å². The topological polar surface area (TPSA) is 42.4 Å². The van der Waals surface area contributed by atoms with E-state index < -0.39 is 14.4 Å². The summed E-state index contributed by atoms with van der Waals surface area (Å²) in [5.74, 6) is 0.891. The zero-order valence-corrected chi connectivity index (χ0v) is 28.4. The number of pyridine rings is 1. The molecule has 1 N–H and O–H groups in total. The molecule has 0 aliphatic heterocycles. The summed E-state index contributed by atoms with van der Waals surface area (Å²) in [6.07, 6.45) is 12.0. The highest BCUT2D eigenvalue weighted by Crippen LogP contribution is 2.53. The Kier molecular flexibility index (Phi) is 8.53. The first kappa shape index (κ1) is 30.7. The Morgan fingerprint density at radius 3 is 2.20 bits per heavy atom. The molecule has 1 heterocycles. The molecule has 0 saturated heterocycles. The van der Waals surface area contributed by atoms with Gasteiger partial charge in [0.05, 0.1) is 11.8 Å². The summed E-state index contributed by atoms with van der Waals surface area (Å²) in [6.45, 7) is 21.0. The van der Waals surface area contributed by atoms with Gasteiger partial charge < -0.3 is 9.53 Å². The summed E-state index contributed by atoms with van der Waals surface area (Å²) in [6, 6.07) is 8.70. The lowest BCUT2D eigenvalue weighted by Gasteiger charge is -2.45. The summed E-state index contributed by atoms with van der Waals surface area (Å²) in [5, 5.41) is 12.5. The average molecular weight is 574 g/mol. The molecule has 4 heteroatoms. The van der Waals surface area contributed by atoms with Gasteiger partial charge in [-0.3, -0.25) is 4.98 Å². The summed E-state index contributed by atoms with van der Waals surface area (Å²) in [5.41, 5.74) is 9.93. The molecule has 2 aromatic rings. The van der Waals surface area contributed by atoms with Crippen molar-refractivity contribution in [3.05, 3.63) is 69.5 Å². The van der Waals surface area contributed by atoms with E-state index in [9.17, 15) is 5.11 Å². The third-order valence-electron chi connectivity index (χ3n) is 10.6. The molecule has 5 rings (SSSR count). The van der Waals surface area contributed by atoms with Crippen LogP contribution in [0.1, 0.15) is 163 Å². The maximum Gasteiger partial charge on any atom is 0.192 e. The molecule has 1 aromatic carbocycles. The third kappa shape index (κ3) is 6.17. The number of fused-ring (bicyclic) bond motifs is 1. The van der Waals surface area contributed by atoms with Crippen LogP contribution in [0.2, 0.25) is 18.1 Å². The van der Waals surface area contributed by atoms with E-state index in [4.69, 9.17) is 9.41 Å². The first-order valence-electron chi connectivity index (χ1n) is 16.4. The van der Waals surface area contributed by atoms with Crippen molar-refractivity contribution >= 4 is 13.9 Å². The van der Waals surface area contributed by atoms with Crippen molar-refractivity contribution in [2.45, 2.75) is 148 Å². The number of hydrogen-bond acceptors (Lipinski definition) is 3. The summed E-state index contributed by atoms with van der Waals surface area (Å²) in [7, 11) is -2.06. The predicted molar refractivity (Wildman–Crippen MR) is 175 cm³/mol. The van der Waals surface area contributed by atoms with Crippen LogP contribution in [0.5, 0.6) is 0 Å². The van der Waals surface area contributed by atoms with Crippen molar-refractivity contribution in [3.8, 4) is 0 Å². The molecule has 1 aromatic heterocycles. The van der Waals surface area contributed by atoms with Crippen molar-refractivity contribution in [1.82, 2.24) is 4.98 Å². The number of aliphatic hydroxyl groups excluding tert-OH is 1. The molecule has 0 bridgehead atoms. The van der Waals surface area contributed by atoms with Crippen LogP contribution in [-0.2, 0) is 10.8 Å². The molecule has 0 amide bonds. The van der Waals surface area contributed by atoms with Gasteiger partial charge in [-0.25, -0.2) is 0 Å². The Hall–Kier alpha value is -1.75. The van der Waals surface area contributed by atoms with Gasteiger partial charge in [-0.05, 0) is 96.7 Å². The van der Waals surface area contributed by atoms with Gasteiger partial charge in [-0.2, -0.15) is 0 Å². The van der Waals surface area contributed by atoms with Crippen LogP contribution >= 0.6 is 0 Å². The van der Waals surface area contributed by atoms with E-state index in [-0.39, 0.29) is 16.6 Å². The monoisotopic (exact) mass is 573 g/mol. The summed E-state index contributed by atoms with van der Waals surface area (Å²) in [4.78, 5) is 5.61. The van der Waals surface area contributed by atoms with Gasteiger partial charge in [0, 0.05) is 22.7 Å². The fourth-order valence-electron chi connectivity index (χ4n) is 7.19. The normalized spacial score (nSPS) is 22.2. The fraction of sp³-hybridized carbons (Fsp3) is 0.649. The molecular formula is C37H55NO2Si. The van der Waals surface area contributed by atoms with Crippen molar-refractivity contribution in [2.75, 3.05) is 0 Å². The SMILES string of the molecule is CC(C)c1ccc([C@@H](O)c2c(C3CCCC3)nc3c(c2C2=CCCC2)[C@@H](O[Si](C)(C)C(C)(C)C)CC(C)(C)C3)cc1. The van der Waals surface area contributed by atoms with Gasteiger partial charge in [-0.15, -0.1) is 0 Å². The van der Waals surface area contributed by atoms with Crippen LogP contribution in [0.15, 0.2) is 30.3 Å². The fourth-order valence-corrected chi connectivity index (χ4v) is 8.45. The molecular weight excluding hydrogens is 518 g/mol. The van der Waals surface area contributed by atoms with Gasteiger partial charge in [0.25, 0.3) is 0 Å². The van der Waals surface area contributed by atoms with Crippen LogP contribution < -0.4 is 0 Å². The number of allylic oxidation sites excluding steroid dienone is 2. The van der Waals surface area contributed by atoms with E-state index in [1.54, 1.807) is 0 Å². The van der Waals surface area contributed by atoms with Crippen molar-refractivity contribution in [1.29, 1.82) is 0 Å². The molecule has 3 aliphatic carbocycles. The molecule has 0 unspecified atom stereocenters. The standard InChI is InChI=1S/C37H55NO2Si/c1-24(2)25-18-20-28(21-19-25)35(39)33-31(26-14-10-11-15-26)32-29(38-34(33)27-16-12-13-17-27)22-37(6,7)23-30(32)40-41(8,9)36(3,4)5/h14,18-21,24,27,30,35,39H,10-13,15-17,22-23H2,1-9H3/t30-,35+/m0/s1. The van der Waals surface area contributed by atoms with Crippen LogP contribution in [0.3, 0.4) is 0 Å². The van der Waals surface area contributed by atoms with E-state index in [1.807, 2.05) is 0 Å². The van der Waals surface area contributed by atoms with Crippen LogP contribution in [0.25, 0.3) is 5.57 Å². The lowest BCUT2D eigenvalue weighted by molar-refractivity contribution is 0.105. The van der Waals surface area contributed by atoms with Crippen LogP contribution in [0, 0.1) is 5.41 Å². The largest absolute Gasteiger partial charge is 0.410 e. The minimum absolute atomic E-state index is 0.00513. The highest BCUT2D eigenvalue weighted by molar-refractivity contribution is 6.74. The molecule has 3 nitrogen and oxygen atoms in total. The molecule has 41 heavy (non-hydrogen) atoms. The number of hydrogen-bond donors (Lipinski definition) is 1. The third-order valence-corrected chi connectivity index (χ3v) is 15.1. The molecule has 2 atom stereocenters. The first-order valence-corrected chi connectivity index (χ1v) is 19.3. The Labute approximate surface area is 251 Å². The van der Waals surface area contributed by atoms with E-state index in [0.717, 1.165) is 36.8 Å². The highest BCUT2D eigenvalue weighted by atomic mass is 28.4. The minimum Gasteiger partial charge on any atom is -0.410 e. The van der Waals surface area contributed by atoms with E-state index in [2.05, 4.69) is 91.9 Å². The Morgan fingerprint density at radius 2 is 1.63 bits per heavy atom. The average Bonchev–Trinajstić information content (AvgIpc) is 3.60. The zero-order valence-electron chi connectivity index (χ0n) is 27.4. The number of aliphatic hydroxyl groups is 1. The maximum absolute atomic E-state index is 12.4. The number of benzene rings is 1. The van der Waals surface area contributed by atoms with Gasteiger partial charge in [0.2, 0.25) is 0 Å². The second-order valence-corrected chi connectivity index (χ2v) is 20.6. The molecule has 1 fully saturated rings. The molecule has 1 saturated carbocycles. The zero-order chi connectivity index (χ0) is 29.7. The quantitative estimate of drug-likeness (QED) is 0.335. The Morgan fingerprint density at radius 1 is 1.00 bits per heavy atom. The number of nitrogens with zero attached hydrogens (tertiary/aromatic N) is 1. The van der Waals surface area contributed by atoms with E-state index in [0.29, 0.717) is 11.8 Å². The summed E-state index contributed by atoms with van der Waals surface area (Å²) >= 11 is 0. The Balaban J connectivity index is 1.76. The lowest BCUT2D eigenvalue weighted by atomic mass is 9.71. The molecule has 0 spiro atoms. The van der Waals surface area contributed by atoms with Crippen LogP contribution in [0.4, 0.5) is 0 Å². The maximum atomic E-state index is 12.4. The predicted octanol–water partition coefficient (Wildman–Crippen LogP) is 10.5. The molecule has 224 valence electrons. The first-order chi connectivity index (χ1) is 19.2. The van der Waals surface area contributed by atoms with Crippen LogP contribution in [-0.4, -0.2) is 18.4 Å². The molecule has 0 radical (unpaired) electrons. The second kappa shape index (κ2) is 11.4. The summed E-state index contributed by atoms with van der Waals surface area (Å²) < 4.78 is 7.34. The lowest BCUT2D eigenvalue weighted by Crippen LogP contribution is -2.44. The number of rotatable bonds is 7. The second-order valence-electron chi connectivity index (χ2n) is 15.9. The van der Waals surface area contributed by atoms with Crippen molar-refractivity contribution in [3.63, 3.8) is 0 Å². The van der Waals surface area contributed by atoms with E-state index in [1.165, 1.54) is 65.8 Å². The minimum atomic E-state index is -2.06. The smallest absolute Gasteiger partial charge is 0.192 e. The van der Waals surface area contributed by atoms with Crippen molar-refractivity contribution in [2.24, 2.45) is 5.41 Å².